The van der Waals surface area contributed by atoms with Crippen LogP contribution in [0.25, 0.3) is 0 Å². The van der Waals surface area contributed by atoms with E-state index in [1.54, 1.807) is 0 Å². The first-order valence-electron chi connectivity index (χ1n) is 9.34. The van der Waals surface area contributed by atoms with E-state index >= 15 is 0 Å². The van der Waals surface area contributed by atoms with Crippen molar-refractivity contribution in [2.45, 2.75) is 57.4 Å². The second-order valence-electron chi connectivity index (χ2n) is 7.16. The number of amides is 2. The van der Waals surface area contributed by atoms with Crippen molar-refractivity contribution in [1.82, 2.24) is 10.2 Å². The number of carbonyl (C=O) groups is 2. The van der Waals surface area contributed by atoms with Gasteiger partial charge in [-0.2, -0.15) is 0 Å². The normalized spacial score (nSPS) is 19.9. The van der Waals surface area contributed by atoms with Crippen molar-refractivity contribution >= 4 is 11.8 Å². The number of likely N-dealkylation sites (tertiary alicyclic amines) is 1. The highest BCUT2D eigenvalue weighted by Crippen LogP contribution is 2.26. The highest BCUT2D eigenvalue weighted by molar-refractivity contribution is 5.80. The zero-order valence-corrected chi connectivity index (χ0v) is 14.4. The van der Waals surface area contributed by atoms with E-state index in [2.05, 4.69) is 5.32 Å². The summed E-state index contributed by atoms with van der Waals surface area (Å²) in [6, 6.07) is 10.0. The number of rotatable bonds is 4. The van der Waals surface area contributed by atoms with Gasteiger partial charge in [-0.15, -0.1) is 0 Å². The van der Waals surface area contributed by atoms with Crippen LogP contribution < -0.4 is 5.32 Å². The fraction of sp³-hybridized carbons (Fsp3) is 0.600. The van der Waals surface area contributed by atoms with Crippen LogP contribution in [0.3, 0.4) is 0 Å². The molecule has 2 amide bonds. The van der Waals surface area contributed by atoms with Crippen LogP contribution >= 0.6 is 0 Å². The molecule has 1 aliphatic carbocycles. The molecule has 0 radical (unpaired) electrons. The average Bonchev–Trinajstić information content (AvgIpc) is 2.63. The number of hydrogen-bond acceptors (Lipinski definition) is 2. The van der Waals surface area contributed by atoms with Gasteiger partial charge in [-0.25, -0.2) is 0 Å². The third kappa shape index (κ3) is 4.59. The van der Waals surface area contributed by atoms with Gasteiger partial charge in [-0.3, -0.25) is 9.59 Å². The Morgan fingerprint density at radius 1 is 0.958 bits per heavy atom. The number of hydrogen-bond donors (Lipinski definition) is 1. The Balaban J connectivity index is 1.41. The Hall–Kier alpha value is -1.84. The Bertz CT molecular complexity index is 544. The van der Waals surface area contributed by atoms with Gasteiger partial charge in [0, 0.05) is 25.0 Å². The second kappa shape index (κ2) is 8.32. The molecule has 0 unspecified atom stereocenters. The third-order valence-electron chi connectivity index (χ3n) is 5.33. The molecule has 2 fully saturated rings. The van der Waals surface area contributed by atoms with Crippen molar-refractivity contribution < 1.29 is 9.59 Å². The van der Waals surface area contributed by atoms with Crippen molar-refractivity contribution in [2.75, 3.05) is 13.1 Å². The molecule has 0 spiro atoms. The maximum Gasteiger partial charge on any atom is 0.225 e. The van der Waals surface area contributed by atoms with Gasteiger partial charge in [-0.1, -0.05) is 49.6 Å². The lowest BCUT2D eigenvalue weighted by Gasteiger charge is -2.35. The van der Waals surface area contributed by atoms with Gasteiger partial charge in [0.1, 0.15) is 0 Å². The molecule has 1 aromatic rings. The van der Waals surface area contributed by atoms with Crippen LogP contribution in [-0.2, 0) is 16.0 Å². The van der Waals surface area contributed by atoms with E-state index in [4.69, 9.17) is 0 Å². The van der Waals surface area contributed by atoms with E-state index in [-0.39, 0.29) is 17.9 Å². The molecule has 4 nitrogen and oxygen atoms in total. The molecule has 24 heavy (non-hydrogen) atoms. The summed E-state index contributed by atoms with van der Waals surface area (Å²) in [7, 11) is 0. The van der Waals surface area contributed by atoms with Gasteiger partial charge >= 0.3 is 0 Å². The van der Waals surface area contributed by atoms with Crippen LogP contribution in [0.15, 0.2) is 30.3 Å². The molecule has 3 rings (SSSR count). The van der Waals surface area contributed by atoms with Crippen molar-refractivity contribution in [3.63, 3.8) is 0 Å². The standard InChI is InChI=1S/C20H28N2O2/c23-19(15-16-7-3-1-4-8-16)21-18-11-13-22(14-12-18)20(24)17-9-5-2-6-10-17/h1,3-4,7-8,17-18H,2,5-6,9-15H2,(H,21,23). The Morgan fingerprint density at radius 2 is 1.62 bits per heavy atom. The number of nitrogens with zero attached hydrogens (tertiary/aromatic N) is 1. The SMILES string of the molecule is O=C(Cc1ccccc1)NC1CCN(C(=O)C2CCCCC2)CC1. The van der Waals surface area contributed by atoms with Gasteiger partial charge in [-0.05, 0) is 31.2 Å². The monoisotopic (exact) mass is 328 g/mol. The first-order chi connectivity index (χ1) is 11.7. The molecule has 0 bridgehead atoms. The predicted molar refractivity (Wildman–Crippen MR) is 94.5 cm³/mol. The lowest BCUT2D eigenvalue weighted by Crippen LogP contribution is -2.48. The van der Waals surface area contributed by atoms with Gasteiger partial charge in [0.2, 0.25) is 11.8 Å². The van der Waals surface area contributed by atoms with E-state index in [1.165, 1.54) is 19.3 Å². The zero-order chi connectivity index (χ0) is 16.8. The summed E-state index contributed by atoms with van der Waals surface area (Å²) in [5, 5.41) is 3.13. The van der Waals surface area contributed by atoms with E-state index in [1.807, 2.05) is 35.2 Å². The lowest BCUT2D eigenvalue weighted by atomic mass is 9.87. The summed E-state index contributed by atoms with van der Waals surface area (Å²) in [4.78, 5) is 26.7. The van der Waals surface area contributed by atoms with Crippen molar-refractivity contribution in [3.05, 3.63) is 35.9 Å². The molecular weight excluding hydrogens is 300 g/mol. The number of nitrogens with one attached hydrogen (secondary N) is 1. The number of piperidine rings is 1. The Morgan fingerprint density at radius 3 is 2.29 bits per heavy atom. The van der Waals surface area contributed by atoms with Crippen LogP contribution in [0.4, 0.5) is 0 Å². The van der Waals surface area contributed by atoms with Gasteiger partial charge in [0.05, 0.1) is 6.42 Å². The lowest BCUT2D eigenvalue weighted by molar-refractivity contribution is -0.137. The quantitative estimate of drug-likeness (QED) is 0.924. The molecule has 1 heterocycles. The summed E-state index contributed by atoms with van der Waals surface area (Å²) in [6.07, 6.45) is 7.98. The Kier molecular flexibility index (Phi) is 5.89. The molecule has 1 N–H and O–H groups in total. The van der Waals surface area contributed by atoms with Crippen molar-refractivity contribution in [1.29, 1.82) is 0 Å². The first-order valence-corrected chi connectivity index (χ1v) is 9.34. The molecule has 0 aromatic heterocycles. The molecule has 2 aliphatic rings. The van der Waals surface area contributed by atoms with E-state index < -0.39 is 0 Å². The molecule has 1 saturated heterocycles. The molecule has 1 aliphatic heterocycles. The number of benzene rings is 1. The summed E-state index contributed by atoms with van der Waals surface area (Å²) < 4.78 is 0. The third-order valence-corrected chi connectivity index (χ3v) is 5.33. The molecule has 1 aromatic carbocycles. The van der Waals surface area contributed by atoms with Gasteiger partial charge in [0.25, 0.3) is 0 Å². The number of carbonyl (C=O) groups excluding carboxylic acids is 2. The molecule has 4 heteroatoms. The van der Waals surface area contributed by atoms with Crippen LogP contribution in [0.5, 0.6) is 0 Å². The average molecular weight is 328 g/mol. The van der Waals surface area contributed by atoms with E-state index in [0.717, 1.165) is 44.3 Å². The summed E-state index contributed by atoms with van der Waals surface area (Å²) in [6.45, 7) is 1.57. The second-order valence-corrected chi connectivity index (χ2v) is 7.16. The van der Waals surface area contributed by atoms with Crippen molar-refractivity contribution in [2.24, 2.45) is 5.92 Å². The van der Waals surface area contributed by atoms with Crippen LogP contribution in [0.2, 0.25) is 0 Å². The largest absolute Gasteiger partial charge is 0.353 e. The molecule has 1 saturated carbocycles. The highest BCUT2D eigenvalue weighted by atomic mass is 16.2. The minimum atomic E-state index is 0.0817. The fourth-order valence-electron chi connectivity index (χ4n) is 3.91. The van der Waals surface area contributed by atoms with E-state index in [9.17, 15) is 9.59 Å². The molecule has 0 atom stereocenters. The van der Waals surface area contributed by atoms with Gasteiger partial charge in [0.15, 0.2) is 0 Å². The van der Waals surface area contributed by atoms with Crippen LogP contribution in [0, 0.1) is 5.92 Å². The van der Waals surface area contributed by atoms with Crippen LogP contribution in [-0.4, -0.2) is 35.8 Å². The predicted octanol–water partition coefficient (Wildman–Crippen LogP) is 2.92. The zero-order valence-electron chi connectivity index (χ0n) is 14.4. The Labute approximate surface area is 144 Å². The minimum Gasteiger partial charge on any atom is -0.353 e. The topological polar surface area (TPSA) is 49.4 Å². The first kappa shape index (κ1) is 17.0. The highest BCUT2D eigenvalue weighted by Gasteiger charge is 2.29. The smallest absolute Gasteiger partial charge is 0.225 e. The fourth-order valence-corrected chi connectivity index (χ4v) is 3.91. The molecular formula is C20H28N2O2. The van der Waals surface area contributed by atoms with E-state index in [0.29, 0.717) is 12.3 Å². The maximum absolute atomic E-state index is 12.6. The summed E-state index contributed by atoms with van der Waals surface area (Å²) >= 11 is 0. The molecule has 130 valence electrons. The van der Waals surface area contributed by atoms with Gasteiger partial charge < -0.3 is 10.2 Å². The summed E-state index contributed by atoms with van der Waals surface area (Å²) in [5.41, 5.74) is 1.04. The minimum absolute atomic E-state index is 0.0817. The van der Waals surface area contributed by atoms with Crippen molar-refractivity contribution in [3.8, 4) is 0 Å². The summed E-state index contributed by atoms with van der Waals surface area (Å²) in [5.74, 6) is 0.685. The van der Waals surface area contributed by atoms with Crippen LogP contribution in [0.1, 0.15) is 50.5 Å². The maximum atomic E-state index is 12.6.